The molecule has 1 aromatic rings. The number of methoxy groups -OCH3 is 1. The van der Waals surface area contributed by atoms with Crippen LogP contribution in [-0.2, 0) is 10.5 Å². The minimum atomic E-state index is 0.427. The summed E-state index contributed by atoms with van der Waals surface area (Å²) in [7, 11) is 1.73. The molecule has 1 unspecified atom stereocenters. The second-order valence-electron chi connectivity index (χ2n) is 3.99. The maximum atomic E-state index is 5.83. The van der Waals surface area contributed by atoms with Gasteiger partial charge in [-0.2, -0.15) is 11.8 Å². The minimum absolute atomic E-state index is 0.427. The van der Waals surface area contributed by atoms with Crippen molar-refractivity contribution < 1.29 is 4.74 Å². The first-order valence-electron chi connectivity index (χ1n) is 5.77. The second kappa shape index (κ2) is 8.81. The summed E-state index contributed by atoms with van der Waals surface area (Å²) in [5.41, 5.74) is 1.32. The van der Waals surface area contributed by atoms with Gasteiger partial charge in [-0.3, -0.25) is 0 Å². The molecule has 0 aromatic heterocycles. The Labute approximate surface area is 113 Å². The number of ether oxygens (including phenoxy) is 1. The standard InChI is InChI=1S/C13H20ClNOS/c1-11(9-16-2)15-7-8-17-10-12-3-5-13(14)6-4-12/h3-6,11,15H,7-10H2,1-2H3. The van der Waals surface area contributed by atoms with Crippen LogP contribution in [0.5, 0.6) is 0 Å². The second-order valence-corrected chi connectivity index (χ2v) is 5.53. The zero-order valence-corrected chi connectivity index (χ0v) is 12.0. The van der Waals surface area contributed by atoms with Gasteiger partial charge >= 0.3 is 0 Å². The van der Waals surface area contributed by atoms with Crippen molar-refractivity contribution in [3.8, 4) is 0 Å². The quantitative estimate of drug-likeness (QED) is 0.735. The van der Waals surface area contributed by atoms with Gasteiger partial charge < -0.3 is 10.1 Å². The molecule has 0 radical (unpaired) electrons. The van der Waals surface area contributed by atoms with Gasteiger partial charge in [-0.15, -0.1) is 0 Å². The Morgan fingerprint density at radius 3 is 2.71 bits per heavy atom. The van der Waals surface area contributed by atoms with Crippen molar-refractivity contribution in [2.75, 3.05) is 26.0 Å². The predicted octanol–water partition coefficient (Wildman–Crippen LogP) is 3.20. The van der Waals surface area contributed by atoms with Crippen LogP contribution in [0.15, 0.2) is 24.3 Å². The van der Waals surface area contributed by atoms with Crippen molar-refractivity contribution in [3.63, 3.8) is 0 Å². The SMILES string of the molecule is COCC(C)NCCSCc1ccc(Cl)cc1. The lowest BCUT2D eigenvalue weighted by molar-refractivity contribution is 0.173. The van der Waals surface area contributed by atoms with E-state index < -0.39 is 0 Å². The molecule has 4 heteroatoms. The minimum Gasteiger partial charge on any atom is -0.383 e. The molecule has 0 amide bonds. The number of hydrogen-bond acceptors (Lipinski definition) is 3. The molecule has 96 valence electrons. The van der Waals surface area contributed by atoms with E-state index in [-0.39, 0.29) is 0 Å². The Bertz CT molecular complexity index is 305. The van der Waals surface area contributed by atoms with E-state index in [0.717, 1.165) is 29.7 Å². The van der Waals surface area contributed by atoms with Gasteiger partial charge in [0.25, 0.3) is 0 Å². The van der Waals surface area contributed by atoms with Crippen LogP contribution >= 0.6 is 23.4 Å². The molecule has 0 spiro atoms. The first kappa shape index (κ1) is 14.8. The van der Waals surface area contributed by atoms with Crippen LogP contribution in [0.1, 0.15) is 12.5 Å². The highest BCUT2D eigenvalue weighted by Gasteiger charge is 1.99. The summed E-state index contributed by atoms with van der Waals surface area (Å²) in [6.07, 6.45) is 0. The molecule has 1 rings (SSSR count). The molecule has 0 aliphatic carbocycles. The lowest BCUT2D eigenvalue weighted by atomic mass is 10.2. The zero-order chi connectivity index (χ0) is 12.5. The fourth-order valence-electron chi connectivity index (χ4n) is 1.46. The average Bonchev–Trinajstić information content (AvgIpc) is 2.31. The summed E-state index contributed by atoms with van der Waals surface area (Å²) in [6, 6.07) is 8.47. The smallest absolute Gasteiger partial charge is 0.0613 e. The van der Waals surface area contributed by atoms with Crippen molar-refractivity contribution in [1.82, 2.24) is 5.32 Å². The molecule has 0 aliphatic heterocycles. The Morgan fingerprint density at radius 2 is 2.06 bits per heavy atom. The third-order valence-corrected chi connectivity index (χ3v) is 3.62. The average molecular weight is 274 g/mol. The van der Waals surface area contributed by atoms with E-state index in [2.05, 4.69) is 24.4 Å². The first-order chi connectivity index (χ1) is 8.22. The summed E-state index contributed by atoms with van der Waals surface area (Å²) in [5, 5.41) is 4.21. The molecular weight excluding hydrogens is 254 g/mol. The zero-order valence-electron chi connectivity index (χ0n) is 10.4. The van der Waals surface area contributed by atoms with Gasteiger partial charge in [-0.1, -0.05) is 23.7 Å². The first-order valence-corrected chi connectivity index (χ1v) is 7.30. The number of halogens is 1. The van der Waals surface area contributed by atoms with E-state index in [4.69, 9.17) is 16.3 Å². The van der Waals surface area contributed by atoms with Crippen molar-refractivity contribution in [3.05, 3.63) is 34.9 Å². The number of benzene rings is 1. The molecule has 1 aromatic carbocycles. The highest BCUT2D eigenvalue weighted by Crippen LogP contribution is 2.14. The molecule has 0 bridgehead atoms. The Kier molecular flexibility index (Phi) is 7.69. The van der Waals surface area contributed by atoms with Gasteiger partial charge in [-0.25, -0.2) is 0 Å². The van der Waals surface area contributed by atoms with E-state index in [9.17, 15) is 0 Å². The van der Waals surface area contributed by atoms with Crippen LogP contribution in [0, 0.1) is 0 Å². The van der Waals surface area contributed by atoms with Gasteiger partial charge in [0.05, 0.1) is 6.61 Å². The van der Waals surface area contributed by atoms with Gasteiger partial charge in [-0.05, 0) is 24.6 Å². The van der Waals surface area contributed by atoms with E-state index in [1.165, 1.54) is 5.56 Å². The number of hydrogen-bond donors (Lipinski definition) is 1. The van der Waals surface area contributed by atoms with Crippen LogP contribution in [0.25, 0.3) is 0 Å². The third-order valence-electron chi connectivity index (χ3n) is 2.34. The van der Waals surface area contributed by atoms with E-state index in [1.807, 2.05) is 23.9 Å². The van der Waals surface area contributed by atoms with Crippen molar-refractivity contribution >= 4 is 23.4 Å². The normalized spacial score (nSPS) is 12.6. The summed E-state index contributed by atoms with van der Waals surface area (Å²) in [5.74, 6) is 2.15. The van der Waals surface area contributed by atoms with Crippen LogP contribution < -0.4 is 5.32 Å². The topological polar surface area (TPSA) is 21.3 Å². The predicted molar refractivity (Wildman–Crippen MR) is 77.0 cm³/mol. The number of thioether (sulfide) groups is 1. The molecule has 0 saturated carbocycles. The van der Waals surface area contributed by atoms with Crippen molar-refractivity contribution in [2.24, 2.45) is 0 Å². The highest BCUT2D eigenvalue weighted by atomic mass is 35.5. The lowest BCUT2D eigenvalue weighted by Gasteiger charge is -2.12. The van der Waals surface area contributed by atoms with Gasteiger partial charge in [0.1, 0.15) is 0 Å². The van der Waals surface area contributed by atoms with Gasteiger partial charge in [0.2, 0.25) is 0 Å². The molecule has 0 saturated heterocycles. The van der Waals surface area contributed by atoms with Crippen LogP contribution in [0.4, 0.5) is 0 Å². The Morgan fingerprint density at radius 1 is 1.35 bits per heavy atom. The van der Waals surface area contributed by atoms with Crippen molar-refractivity contribution in [1.29, 1.82) is 0 Å². The van der Waals surface area contributed by atoms with Gasteiger partial charge in [0, 0.05) is 36.2 Å². The molecule has 1 atom stereocenters. The fourth-order valence-corrected chi connectivity index (χ4v) is 2.42. The Hall–Kier alpha value is -0.220. The molecule has 1 N–H and O–H groups in total. The van der Waals surface area contributed by atoms with Crippen LogP contribution in [0.2, 0.25) is 5.02 Å². The van der Waals surface area contributed by atoms with Crippen LogP contribution in [0.3, 0.4) is 0 Å². The van der Waals surface area contributed by atoms with Gasteiger partial charge in [0.15, 0.2) is 0 Å². The maximum Gasteiger partial charge on any atom is 0.0613 e. The molecule has 0 fully saturated rings. The monoisotopic (exact) mass is 273 g/mol. The summed E-state index contributed by atoms with van der Waals surface area (Å²) in [4.78, 5) is 0. The highest BCUT2D eigenvalue weighted by molar-refractivity contribution is 7.98. The number of nitrogens with one attached hydrogen (secondary N) is 1. The molecule has 0 aliphatic rings. The maximum absolute atomic E-state index is 5.83. The summed E-state index contributed by atoms with van der Waals surface area (Å²) >= 11 is 7.76. The van der Waals surface area contributed by atoms with Crippen molar-refractivity contribution in [2.45, 2.75) is 18.7 Å². The molecule has 17 heavy (non-hydrogen) atoms. The molecule has 2 nitrogen and oxygen atoms in total. The largest absolute Gasteiger partial charge is 0.383 e. The summed E-state index contributed by atoms with van der Waals surface area (Å²) in [6.45, 7) is 3.91. The lowest BCUT2D eigenvalue weighted by Crippen LogP contribution is -2.31. The van der Waals surface area contributed by atoms with E-state index in [0.29, 0.717) is 6.04 Å². The summed E-state index contributed by atoms with van der Waals surface area (Å²) < 4.78 is 5.06. The van der Waals surface area contributed by atoms with Crippen LogP contribution in [-0.4, -0.2) is 32.1 Å². The van der Waals surface area contributed by atoms with E-state index >= 15 is 0 Å². The number of rotatable bonds is 8. The molecule has 0 heterocycles. The Balaban J connectivity index is 2.06. The fraction of sp³-hybridized carbons (Fsp3) is 0.538. The molecular formula is C13H20ClNOS. The third kappa shape index (κ3) is 6.94. The van der Waals surface area contributed by atoms with E-state index in [1.54, 1.807) is 7.11 Å².